The average molecular weight is 159 g/mol. The van der Waals surface area contributed by atoms with E-state index in [9.17, 15) is 0 Å². The molecule has 0 spiro atoms. The van der Waals surface area contributed by atoms with Gasteiger partial charge in [-0.3, -0.25) is 0 Å². The van der Waals surface area contributed by atoms with Gasteiger partial charge in [-0.05, 0) is 40.5 Å². The number of rotatable bonds is 4. The second-order valence-electron chi connectivity index (χ2n) is 4.08. The largest absolute Gasteiger partial charge is 0.376 e. The molecule has 0 rings (SSSR count). The molecule has 0 amide bonds. The Bertz CT molecular complexity index is 94.2. The molecule has 11 heavy (non-hydrogen) atoms. The Morgan fingerprint density at radius 2 is 1.91 bits per heavy atom. The zero-order valence-electron chi connectivity index (χ0n) is 8.18. The van der Waals surface area contributed by atoms with Crippen LogP contribution in [0.2, 0.25) is 0 Å². The van der Waals surface area contributed by atoms with E-state index in [0.717, 1.165) is 19.4 Å². The quantitative estimate of drug-likeness (QED) is 0.636. The first-order chi connectivity index (χ1) is 4.92. The van der Waals surface area contributed by atoms with E-state index >= 15 is 0 Å². The number of ether oxygens (including phenoxy) is 1. The highest BCUT2D eigenvalue weighted by atomic mass is 16.5. The van der Waals surface area contributed by atoms with Crippen molar-refractivity contribution in [3.63, 3.8) is 0 Å². The molecule has 0 fully saturated rings. The third-order valence-corrected chi connectivity index (χ3v) is 1.34. The Morgan fingerprint density at radius 1 is 1.36 bits per heavy atom. The van der Waals surface area contributed by atoms with Crippen molar-refractivity contribution in [3.8, 4) is 0 Å². The minimum absolute atomic E-state index is 0.00215. The lowest BCUT2D eigenvalue weighted by Gasteiger charge is -2.19. The van der Waals surface area contributed by atoms with Gasteiger partial charge in [-0.1, -0.05) is 0 Å². The molecule has 0 radical (unpaired) electrons. The van der Waals surface area contributed by atoms with Gasteiger partial charge in [0.25, 0.3) is 0 Å². The highest BCUT2D eigenvalue weighted by Crippen LogP contribution is 2.07. The van der Waals surface area contributed by atoms with Gasteiger partial charge in [-0.25, -0.2) is 0 Å². The third-order valence-electron chi connectivity index (χ3n) is 1.34. The summed E-state index contributed by atoms with van der Waals surface area (Å²) in [4.78, 5) is 0. The Labute approximate surface area is 70.1 Å². The summed E-state index contributed by atoms with van der Waals surface area (Å²) in [5.41, 5.74) is 5.58. The van der Waals surface area contributed by atoms with E-state index in [1.54, 1.807) is 0 Å². The molecule has 0 aliphatic rings. The molecule has 68 valence electrons. The lowest BCUT2D eigenvalue weighted by molar-refractivity contribution is -0.00496. The summed E-state index contributed by atoms with van der Waals surface area (Å²) >= 11 is 0. The zero-order chi connectivity index (χ0) is 8.91. The van der Waals surface area contributed by atoms with Crippen molar-refractivity contribution in [2.75, 3.05) is 6.61 Å². The van der Waals surface area contributed by atoms with E-state index in [1.807, 2.05) is 6.92 Å². The first kappa shape index (κ1) is 10.9. The van der Waals surface area contributed by atoms with Crippen LogP contribution in [0.3, 0.4) is 0 Å². The van der Waals surface area contributed by atoms with Crippen LogP contribution in [0.1, 0.15) is 40.5 Å². The van der Waals surface area contributed by atoms with Crippen molar-refractivity contribution in [3.05, 3.63) is 0 Å². The first-order valence-corrected chi connectivity index (χ1v) is 4.31. The minimum atomic E-state index is -0.00215. The van der Waals surface area contributed by atoms with Crippen LogP contribution in [-0.4, -0.2) is 18.2 Å². The summed E-state index contributed by atoms with van der Waals surface area (Å²) in [6.45, 7) is 9.05. The molecule has 0 saturated carbocycles. The molecule has 0 aromatic heterocycles. The molecule has 0 saturated heterocycles. The van der Waals surface area contributed by atoms with Crippen LogP contribution in [0.15, 0.2) is 0 Å². The predicted molar refractivity (Wildman–Crippen MR) is 48.6 cm³/mol. The summed E-state index contributed by atoms with van der Waals surface area (Å²) < 4.78 is 5.52. The molecule has 0 aromatic carbocycles. The minimum Gasteiger partial charge on any atom is -0.376 e. The molecule has 1 atom stereocenters. The third kappa shape index (κ3) is 9.92. The van der Waals surface area contributed by atoms with E-state index in [1.165, 1.54) is 0 Å². The van der Waals surface area contributed by atoms with Crippen molar-refractivity contribution in [2.45, 2.75) is 52.2 Å². The fraction of sp³-hybridized carbons (Fsp3) is 1.00. The Hall–Kier alpha value is -0.0800. The fourth-order valence-corrected chi connectivity index (χ4v) is 0.784. The highest BCUT2D eigenvalue weighted by molar-refractivity contribution is 4.59. The molecule has 2 N–H and O–H groups in total. The maximum Gasteiger partial charge on any atom is 0.0598 e. The molecule has 0 heterocycles. The first-order valence-electron chi connectivity index (χ1n) is 4.31. The maximum absolute atomic E-state index is 5.59. The lowest BCUT2D eigenvalue weighted by atomic mass is 10.2. The van der Waals surface area contributed by atoms with Crippen LogP contribution in [0.5, 0.6) is 0 Å². The van der Waals surface area contributed by atoms with E-state index in [-0.39, 0.29) is 5.60 Å². The normalized spacial score (nSPS) is 15.0. The summed E-state index contributed by atoms with van der Waals surface area (Å²) in [7, 11) is 0. The summed E-state index contributed by atoms with van der Waals surface area (Å²) in [5.74, 6) is 0. The fourth-order valence-electron chi connectivity index (χ4n) is 0.784. The van der Waals surface area contributed by atoms with Crippen molar-refractivity contribution in [1.29, 1.82) is 0 Å². The Morgan fingerprint density at radius 3 is 2.27 bits per heavy atom. The molecule has 0 aliphatic carbocycles. The molecule has 2 nitrogen and oxygen atoms in total. The monoisotopic (exact) mass is 159 g/mol. The van der Waals surface area contributed by atoms with Crippen molar-refractivity contribution in [2.24, 2.45) is 5.73 Å². The van der Waals surface area contributed by atoms with Crippen LogP contribution < -0.4 is 5.73 Å². The van der Waals surface area contributed by atoms with Crippen LogP contribution in [-0.2, 0) is 4.74 Å². The average Bonchev–Trinajstić information content (AvgIpc) is 1.78. The smallest absolute Gasteiger partial charge is 0.0598 e. The van der Waals surface area contributed by atoms with Gasteiger partial charge in [0.15, 0.2) is 0 Å². The number of hydrogen-bond acceptors (Lipinski definition) is 2. The molecule has 2 heteroatoms. The van der Waals surface area contributed by atoms with Crippen molar-refractivity contribution in [1.82, 2.24) is 0 Å². The topological polar surface area (TPSA) is 35.2 Å². The van der Waals surface area contributed by atoms with Gasteiger partial charge in [0.1, 0.15) is 0 Å². The van der Waals surface area contributed by atoms with Crippen LogP contribution >= 0.6 is 0 Å². The Kier molecular flexibility index (Phi) is 4.69. The molecular weight excluding hydrogens is 138 g/mol. The molecule has 0 aromatic rings. The van der Waals surface area contributed by atoms with Gasteiger partial charge in [-0.15, -0.1) is 0 Å². The predicted octanol–water partition coefficient (Wildman–Crippen LogP) is 1.93. The van der Waals surface area contributed by atoms with Crippen LogP contribution in [0.25, 0.3) is 0 Å². The van der Waals surface area contributed by atoms with E-state index < -0.39 is 0 Å². The van der Waals surface area contributed by atoms with Crippen molar-refractivity contribution < 1.29 is 4.74 Å². The summed E-state index contributed by atoms with van der Waals surface area (Å²) in [6, 6.07) is 0.304. The lowest BCUT2D eigenvalue weighted by Crippen LogP contribution is -2.21. The summed E-state index contributed by atoms with van der Waals surface area (Å²) in [5, 5.41) is 0. The van der Waals surface area contributed by atoms with Gasteiger partial charge in [0.2, 0.25) is 0 Å². The van der Waals surface area contributed by atoms with Gasteiger partial charge < -0.3 is 10.5 Å². The van der Waals surface area contributed by atoms with E-state index in [2.05, 4.69) is 20.8 Å². The molecule has 1 unspecified atom stereocenters. The second kappa shape index (κ2) is 4.73. The number of nitrogens with two attached hydrogens (primary N) is 1. The van der Waals surface area contributed by atoms with Gasteiger partial charge in [-0.2, -0.15) is 0 Å². The van der Waals surface area contributed by atoms with Gasteiger partial charge >= 0.3 is 0 Å². The molecule has 0 bridgehead atoms. The van der Waals surface area contributed by atoms with E-state index in [4.69, 9.17) is 10.5 Å². The van der Waals surface area contributed by atoms with E-state index in [0.29, 0.717) is 6.04 Å². The highest BCUT2D eigenvalue weighted by Gasteiger charge is 2.08. The molecule has 0 aliphatic heterocycles. The maximum atomic E-state index is 5.59. The second-order valence-corrected chi connectivity index (χ2v) is 4.08. The Balaban J connectivity index is 3.15. The van der Waals surface area contributed by atoms with Crippen molar-refractivity contribution >= 4 is 0 Å². The summed E-state index contributed by atoms with van der Waals surface area (Å²) in [6.07, 6.45) is 2.12. The van der Waals surface area contributed by atoms with Crippen LogP contribution in [0, 0.1) is 0 Å². The molecular formula is C9H21NO. The van der Waals surface area contributed by atoms with Crippen LogP contribution in [0.4, 0.5) is 0 Å². The SMILES string of the molecule is CC(N)CCCOC(C)(C)C. The zero-order valence-corrected chi connectivity index (χ0v) is 8.18. The standard InChI is InChI=1S/C9H21NO/c1-8(10)6-5-7-11-9(2,3)4/h8H,5-7,10H2,1-4H3. The van der Waals surface area contributed by atoms with Gasteiger partial charge in [0, 0.05) is 12.6 Å². The number of hydrogen-bond donors (Lipinski definition) is 1. The van der Waals surface area contributed by atoms with Gasteiger partial charge in [0.05, 0.1) is 5.60 Å².